The summed E-state index contributed by atoms with van der Waals surface area (Å²) in [5, 5.41) is 8.68. The Morgan fingerprint density at radius 2 is 2.33 bits per heavy atom. The number of nitrogens with zero attached hydrogens (tertiary/aromatic N) is 2. The van der Waals surface area contributed by atoms with Crippen LogP contribution in [0.25, 0.3) is 5.52 Å². The Balaban J connectivity index is 2.74. The third-order valence-electron chi connectivity index (χ3n) is 2.39. The third-order valence-corrected chi connectivity index (χ3v) is 2.39. The molecule has 0 aliphatic rings. The maximum atomic E-state index is 11.4. The number of hydrogen-bond acceptors (Lipinski definition) is 2. The second-order valence-electron chi connectivity index (χ2n) is 3.40. The molecule has 0 saturated heterocycles. The van der Waals surface area contributed by atoms with Crippen LogP contribution in [0.2, 0.25) is 0 Å². The van der Waals surface area contributed by atoms with Gasteiger partial charge in [0.25, 0.3) is 0 Å². The smallest absolute Gasteiger partial charge is 0.176 e. The van der Waals surface area contributed by atoms with E-state index in [2.05, 4.69) is 6.07 Å². The summed E-state index contributed by atoms with van der Waals surface area (Å²) in [7, 11) is 0. The van der Waals surface area contributed by atoms with Gasteiger partial charge in [-0.25, -0.2) is 0 Å². The van der Waals surface area contributed by atoms with Crippen molar-refractivity contribution in [3.63, 3.8) is 0 Å². The largest absolute Gasteiger partial charge is 0.314 e. The van der Waals surface area contributed by atoms with Crippen LogP contribution < -0.4 is 0 Å². The van der Waals surface area contributed by atoms with Crippen molar-refractivity contribution in [3.8, 4) is 6.07 Å². The van der Waals surface area contributed by atoms with Crippen molar-refractivity contribution in [1.29, 1.82) is 5.26 Å². The third kappa shape index (κ3) is 1.50. The minimum atomic E-state index is 0.0142. The fraction of sp³-hybridized carbons (Fsp3) is 0.167. The van der Waals surface area contributed by atoms with Crippen molar-refractivity contribution in [2.75, 3.05) is 0 Å². The first-order valence-corrected chi connectivity index (χ1v) is 4.71. The van der Waals surface area contributed by atoms with E-state index in [1.54, 1.807) is 6.07 Å². The highest BCUT2D eigenvalue weighted by Crippen LogP contribution is 2.17. The zero-order chi connectivity index (χ0) is 10.8. The predicted octanol–water partition coefficient (Wildman–Crippen LogP) is 2.21. The lowest BCUT2D eigenvalue weighted by atomic mass is 10.2. The van der Waals surface area contributed by atoms with E-state index in [4.69, 9.17) is 5.26 Å². The number of ketones is 1. The van der Waals surface area contributed by atoms with Crippen LogP contribution in [0.4, 0.5) is 0 Å². The van der Waals surface area contributed by atoms with Crippen molar-refractivity contribution in [2.45, 2.75) is 13.3 Å². The molecule has 3 heteroatoms. The SMILES string of the molecule is CC(=O)c1cc(CC#N)c2ccccn12. The summed E-state index contributed by atoms with van der Waals surface area (Å²) in [5.41, 5.74) is 2.48. The summed E-state index contributed by atoms with van der Waals surface area (Å²) < 4.78 is 1.83. The zero-order valence-corrected chi connectivity index (χ0v) is 8.40. The number of Topliss-reactive ketones (excluding diaryl/α,β-unsaturated/α-hetero) is 1. The van der Waals surface area contributed by atoms with Gasteiger partial charge in [0.2, 0.25) is 0 Å². The number of fused-ring (bicyclic) bond motifs is 1. The number of carbonyl (C=O) groups is 1. The summed E-state index contributed by atoms with van der Waals surface area (Å²) in [4.78, 5) is 11.4. The highest BCUT2D eigenvalue weighted by Gasteiger charge is 2.10. The summed E-state index contributed by atoms with van der Waals surface area (Å²) in [6.07, 6.45) is 2.17. The van der Waals surface area contributed by atoms with Gasteiger partial charge in [-0.3, -0.25) is 4.79 Å². The monoisotopic (exact) mass is 198 g/mol. The first kappa shape index (κ1) is 9.47. The van der Waals surface area contributed by atoms with Gasteiger partial charge in [-0.2, -0.15) is 5.26 Å². The minimum absolute atomic E-state index is 0.0142. The molecule has 0 amide bonds. The van der Waals surface area contributed by atoms with Crippen molar-refractivity contribution >= 4 is 11.3 Å². The second kappa shape index (κ2) is 3.58. The molecule has 0 atom stereocenters. The zero-order valence-electron chi connectivity index (χ0n) is 8.40. The first-order valence-electron chi connectivity index (χ1n) is 4.71. The number of nitriles is 1. The molecule has 3 nitrogen and oxygen atoms in total. The Morgan fingerprint density at radius 1 is 1.53 bits per heavy atom. The van der Waals surface area contributed by atoms with Gasteiger partial charge in [0, 0.05) is 18.6 Å². The van der Waals surface area contributed by atoms with E-state index in [1.165, 1.54) is 6.92 Å². The first-order chi connectivity index (χ1) is 7.24. The molecule has 2 aromatic rings. The second-order valence-corrected chi connectivity index (χ2v) is 3.40. The van der Waals surface area contributed by atoms with Crippen LogP contribution in [0, 0.1) is 11.3 Å². The van der Waals surface area contributed by atoms with Gasteiger partial charge in [-0.1, -0.05) is 6.07 Å². The molecule has 0 fully saturated rings. The van der Waals surface area contributed by atoms with Crippen LogP contribution >= 0.6 is 0 Å². The van der Waals surface area contributed by atoms with E-state index < -0.39 is 0 Å². The van der Waals surface area contributed by atoms with Crippen LogP contribution in [0.15, 0.2) is 30.5 Å². The molecule has 0 aliphatic carbocycles. The normalized spacial score (nSPS) is 10.1. The van der Waals surface area contributed by atoms with E-state index in [-0.39, 0.29) is 5.78 Å². The number of aromatic nitrogens is 1. The van der Waals surface area contributed by atoms with Crippen molar-refractivity contribution < 1.29 is 4.79 Å². The minimum Gasteiger partial charge on any atom is -0.314 e. The number of hydrogen-bond donors (Lipinski definition) is 0. The van der Waals surface area contributed by atoms with Gasteiger partial charge in [0.05, 0.1) is 18.2 Å². The summed E-state index contributed by atoms with van der Waals surface area (Å²) >= 11 is 0. The Morgan fingerprint density at radius 3 is 3.00 bits per heavy atom. The molecule has 2 rings (SSSR count). The van der Waals surface area contributed by atoms with Gasteiger partial charge >= 0.3 is 0 Å². The van der Waals surface area contributed by atoms with Crippen LogP contribution in [0.3, 0.4) is 0 Å². The molecule has 0 saturated carbocycles. The molecule has 15 heavy (non-hydrogen) atoms. The molecule has 74 valence electrons. The molecule has 0 aromatic carbocycles. The van der Waals surface area contributed by atoms with Gasteiger partial charge in [-0.15, -0.1) is 0 Å². The Labute approximate surface area is 87.6 Å². The van der Waals surface area contributed by atoms with Crippen molar-refractivity contribution in [3.05, 3.63) is 41.7 Å². The molecule has 0 aliphatic heterocycles. The topological polar surface area (TPSA) is 45.3 Å². The lowest BCUT2D eigenvalue weighted by molar-refractivity contribution is 0.101. The fourth-order valence-electron chi connectivity index (χ4n) is 1.72. The molecule has 0 unspecified atom stereocenters. The number of rotatable bonds is 2. The molecule has 0 radical (unpaired) electrons. The fourth-order valence-corrected chi connectivity index (χ4v) is 1.72. The van der Waals surface area contributed by atoms with E-state index in [9.17, 15) is 4.79 Å². The average molecular weight is 198 g/mol. The highest BCUT2D eigenvalue weighted by molar-refractivity contribution is 5.94. The number of carbonyl (C=O) groups excluding carboxylic acids is 1. The molecule has 2 heterocycles. The Hall–Kier alpha value is -2.08. The van der Waals surface area contributed by atoms with Crippen molar-refractivity contribution in [1.82, 2.24) is 4.40 Å². The Bertz CT molecular complexity index is 560. The summed E-state index contributed by atoms with van der Waals surface area (Å²) in [6, 6.07) is 9.59. The predicted molar refractivity (Wildman–Crippen MR) is 56.7 cm³/mol. The summed E-state index contributed by atoms with van der Waals surface area (Å²) in [5.74, 6) is 0.0142. The van der Waals surface area contributed by atoms with Crippen LogP contribution in [0.1, 0.15) is 23.0 Å². The van der Waals surface area contributed by atoms with E-state index >= 15 is 0 Å². The lowest BCUT2D eigenvalue weighted by Gasteiger charge is -1.97. The number of pyridine rings is 1. The quantitative estimate of drug-likeness (QED) is 0.694. The van der Waals surface area contributed by atoms with E-state index in [0.717, 1.165) is 11.1 Å². The molecule has 0 N–H and O–H groups in total. The van der Waals surface area contributed by atoms with Gasteiger partial charge < -0.3 is 4.40 Å². The van der Waals surface area contributed by atoms with E-state index in [0.29, 0.717) is 12.1 Å². The van der Waals surface area contributed by atoms with Crippen LogP contribution in [-0.4, -0.2) is 10.2 Å². The van der Waals surface area contributed by atoms with Crippen molar-refractivity contribution in [2.24, 2.45) is 0 Å². The highest BCUT2D eigenvalue weighted by atomic mass is 16.1. The standard InChI is InChI=1S/C12H10N2O/c1-9(15)12-8-10(5-6-13)11-4-2-3-7-14(11)12/h2-4,7-8H,5H2,1H3. The average Bonchev–Trinajstić information content (AvgIpc) is 2.59. The molecule has 2 aromatic heterocycles. The van der Waals surface area contributed by atoms with Crippen LogP contribution in [-0.2, 0) is 6.42 Å². The molecule has 0 spiro atoms. The maximum absolute atomic E-state index is 11.4. The molecule has 0 bridgehead atoms. The van der Waals surface area contributed by atoms with Gasteiger partial charge in [0.15, 0.2) is 5.78 Å². The van der Waals surface area contributed by atoms with Gasteiger partial charge in [-0.05, 0) is 23.8 Å². The Kier molecular flexibility index (Phi) is 2.26. The lowest BCUT2D eigenvalue weighted by Crippen LogP contribution is -1.96. The maximum Gasteiger partial charge on any atom is 0.176 e. The molecular formula is C12H10N2O. The molecular weight excluding hydrogens is 188 g/mol. The van der Waals surface area contributed by atoms with E-state index in [1.807, 2.05) is 28.8 Å². The van der Waals surface area contributed by atoms with Gasteiger partial charge in [0.1, 0.15) is 0 Å². The summed E-state index contributed by atoms with van der Waals surface area (Å²) in [6.45, 7) is 1.53. The van der Waals surface area contributed by atoms with Crippen LogP contribution in [0.5, 0.6) is 0 Å².